The molecule has 2 saturated carbocycles. The number of pyridine rings is 1. The van der Waals surface area contributed by atoms with Crippen molar-refractivity contribution in [2.45, 2.75) is 77.8 Å². The van der Waals surface area contributed by atoms with Crippen LogP contribution in [-0.2, 0) is 23.8 Å². The molecular weight excluding hydrogens is 634 g/mol. The Hall–Kier alpha value is -4.71. The SMILES string of the molecule is COc1ccccc1C(=O)O[C@H]1CC2[C@](C)(CC[C@H](OC(C)=O)[C@]2(C)COC(C)=O)C2[C@@H](O)c3c(cc(-c4cccnc4)oc3=O)O[C@@]21C. The molecule has 49 heavy (non-hydrogen) atoms. The summed E-state index contributed by atoms with van der Waals surface area (Å²) in [6.45, 7) is 8.19. The maximum absolute atomic E-state index is 13.9. The van der Waals surface area contributed by atoms with Crippen molar-refractivity contribution in [3.8, 4) is 22.8 Å². The predicted octanol–water partition coefficient (Wildman–Crippen LogP) is 5.06. The average molecular weight is 676 g/mol. The van der Waals surface area contributed by atoms with E-state index in [0.29, 0.717) is 24.2 Å². The smallest absolute Gasteiger partial charge is 0.345 e. The van der Waals surface area contributed by atoms with E-state index in [4.69, 9.17) is 28.1 Å². The van der Waals surface area contributed by atoms with Gasteiger partial charge in [-0.2, -0.15) is 0 Å². The van der Waals surface area contributed by atoms with Crippen molar-refractivity contribution in [2.75, 3.05) is 13.7 Å². The number of fused-ring (bicyclic) bond motifs is 4. The Kier molecular flexibility index (Phi) is 8.81. The van der Waals surface area contributed by atoms with Crippen LogP contribution in [0.15, 0.2) is 64.1 Å². The molecule has 3 heterocycles. The van der Waals surface area contributed by atoms with Crippen LogP contribution in [0.4, 0.5) is 0 Å². The molecule has 260 valence electrons. The summed E-state index contributed by atoms with van der Waals surface area (Å²) in [5, 5.41) is 12.3. The first-order valence-corrected chi connectivity index (χ1v) is 16.3. The highest BCUT2D eigenvalue weighted by Crippen LogP contribution is 2.67. The van der Waals surface area contributed by atoms with Gasteiger partial charge in [0.15, 0.2) is 0 Å². The molecule has 0 saturated heterocycles. The van der Waals surface area contributed by atoms with Crippen molar-refractivity contribution in [1.29, 1.82) is 0 Å². The predicted molar refractivity (Wildman–Crippen MR) is 174 cm³/mol. The summed E-state index contributed by atoms with van der Waals surface area (Å²) in [5.74, 6) is -2.34. The van der Waals surface area contributed by atoms with Gasteiger partial charge in [0.25, 0.3) is 0 Å². The van der Waals surface area contributed by atoms with Crippen molar-refractivity contribution in [2.24, 2.45) is 22.7 Å². The van der Waals surface area contributed by atoms with E-state index in [-0.39, 0.29) is 35.7 Å². The third kappa shape index (κ3) is 5.75. The van der Waals surface area contributed by atoms with Gasteiger partial charge in [-0.1, -0.05) is 26.0 Å². The maximum Gasteiger partial charge on any atom is 0.345 e. The number of aromatic nitrogens is 1. The van der Waals surface area contributed by atoms with E-state index < -0.39 is 70.1 Å². The fourth-order valence-electron chi connectivity index (χ4n) is 8.84. The number of aliphatic hydroxyl groups excluding tert-OH is 1. The first-order chi connectivity index (χ1) is 23.2. The summed E-state index contributed by atoms with van der Waals surface area (Å²) in [6, 6.07) is 11.7. The molecule has 0 spiro atoms. The van der Waals surface area contributed by atoms with E-state index in [2.05, 4.69) is 4.98 Å². The molecule has 2 unspecified atom stereocenters. The number of nitrogens with zero attached hydrogens (tertiary/aromatic N) is 1. The van der Waals surface area contributed by atoms with E-state index in [0.717, 1.165) is 0 Å². The molecule has 12 nitrogen and oxygen atoms in total. The Labute approximate surface area is 283 Å². The Morgan fingerprint density at radius 1 is 1.02 bits per heavy atom. The summed E-state index contributed by atoms with van der Waals surface area (Å²) in [4.78, 5) is 56.2. The zero-order chi connectivity index (χ0) is 35.3. The molecule has 1 N–H and O–H groups in total. The number of hydrogen-bond acceptors (Lipinski definition) is 12. The van der Waals surface area contributed by atoms with Gasteiger partial charge >= 0.3 is 23.5 Å². The van der Waals surface area contributed by atoms with Gasteiger partial charge in [-0.15, -0.1) is 0 Å². The minimum Gasteiger partial charge on any atom is -0.496 e. The van der Waals surface area contributed by atoms with Crippen LogP contribution >= 0.6 is 0 Å². The second kappa shape index (κ2) is 12.6. The molecule has 8 atom stereocenters. The molecule has 3 aromatic rings. The van der Waals surface area contributed by atoms with Crippen LogP contribution in [0.25, 0.3) is 11.3 Å². The van der Waals surface area contributed by atoms with Gasteiger partial charge in [0.1, 0.15) is 52.8 Å². The van der Waals surface area contributed by atoms with Crippen molar-refractivity contribution < 1.29 is 47.6 Å². The number of esters is 3. The number of rotatable bonds is 7. The Bertz CT molecular complexity index is 1820. The number of para-hydroxylation sites is 1. The van der Waals surface area contributed by atoms with E-state index in [1.165, 1.54) is 21.0 Å². The Morgan fingerprint density at radius 2 is 1.78 bits per heavy atom. The number of carbonyl (C=O) groups is 3. The zero-order valence-corrected chi connectivity index (χ0v) is 28.4. The normalized spacial score (nSPS) is 31.5. The molecule has 2 aliphatic carbocycles. The van der Waals surface area contributed by atoms with E-state index in [1.54, 1.807) is 61.8 Å². The third-order valence-corrected chi connectivity index (χ3v) is 11.0. The summed E-state index contributed by atoms with van der Waals surface area (Å²) >= 11 is 0. The maximum atomic E-state index is 13.9. The fourth-order valence-corrected chi connectivity index (χ4v) is 8.84. The lowest BCUT2D eigenvalue weighted by molar-refractivity contribution is -0.266. The molecular formula is C37H41NO11. The molecule has 0 bridgehead atoms. The van der Waals surface area contributed by atoms with Gasteiger partial charge in [0, 0.05) is 49.2 Å². The van der Waals surface area contributed by atoms with Gasteiger partial charge in [0.2, 0.25) is 0 Å². The summed E-state index contributed by atoms with van der Waals surface area (Å²) in [5.41, 5.74) is -3.24. The Morgan fingerprint density at radius 3 is 2.45 bits per heavy atom. The van der Waals surface area contributed by atoms with Crippen LogP contribution in [-0.4, -0.2) is 59.5 Å². The fraction of sp³-hybridized carbons (Fsp3) is 0.486. The lowest BCUT2D eigenvalue weighted by Crippen LogP contribution is -2.71. The standard InChI is InChI=1S/C37H41NO11/c1-20(39)45-19-36(4)27-17-29(48-33(42)23-11-7-8-12-24(23)44-6)37(5)32(35(27,3)14-13-28(36)46-21(2)40)31(41)30-26(49-37)16-25(47-34(30)43)22-10-9-15-38-18-22/h7-12,15-16,18,27-29,31-32,41H,13-14,17,19H2,1-6H3/t27?,28-,29-,31-,32?,35-,36+,37+/m0/s1. The zero-order valence-electron chi connectivity index (χ0n) is 28.4. The van der Waals surface area contributed by atoms with Crippen molar-refractivity contribution >= 4 is 17.9 Å². The van der Waals surface area contributed by atoms with Gasteiger partial charge in [0.05, 0.1) is 13.2 Å². The summed E-state index contributed by atoms with van der Waals surface area (Å²) in [6.07, 6.45) is 1.11. The molecule has 2 aromatic heterocycles. The number of benzene rings is 1. The largest absolute Gasteiger partial charge is 0.496 e. The van der Waals surface area contributed by atoms with Gasteiger partial charge in [-0.25, -0.2) is 9.59 Å². The number of carbonyl (C=O) groups excluding carboxylic acids is 3. The Balaban J connectivity index is 1.51. The lowest BCUT2D eigenvalue weighted by atomic mass is 9.42. The van der Waals surface area contributed by atoms with Crippen molar-refractivity contribution in [3.63, 3.8) is 0 Å². The van der Waals surface area contributed by atoms with E-state index in [1.807, 2.05) is 13.8 Å². The first-order valence-electron chi connectivity index (χ1n) is 16.3. The topological polar surface area (TPSA) is 161 Å². The minimum atomic E-state index is -1.41. The van der Waals surface area contributed by atoms with Crippen LogP contribution in [0.2, 0.25) is 0 Å². The van der Waals surface area contributed by atoms with Crippen LogP contribution in [0.5, 0.6) is 11.5 Å². The van der Waals surface area contributed by atoms with Gasteiger partial charge < -0.3 is 33.2 Å². The third-order valence-electron chi connectivity index (χ3n) is 11.0. The van der Waals surface area contributed by atoms with Crippen LogP contribution in [0.1, 0.15) is 75.9 Å². The highest BCUT2D eigenvalue weighted by Gasteiger charge is 2.71. The second-order valence-electron chi connectivity index (χ2n) is 13.9. The highest BCUT2D eigenvalue weighted by atomic mass is 16.6. The minimum absolute atomic E-state index is 0.0457. The average Bonchev–Trinajstić information content (AvgIpc) is 3.06. The van der Waals surface area contributed by atoms with Crippen molar-refractivity contribution in [3.05, 3.63) is 76.4 Å². The molecule has 0 amide bonds. The summed E-state index contributed by atoms with van der Waals surface area (Å²) < 4.78 is 35.7. The van der Waals surface area contributed by atoms with E-state index in [9.17, 15) is 24.3 Å². The van der Waals surface area contributed by atoms with Crippen molar-refractivity contribution in [1.82, 2.24) is 4.98 Å². The van der Waals surface area contributed by atoms with Gasteiger partial charge in [-0.05, 0) is 61.8 Å². The number of methoxy groups -OCH3 is 1. The quantitative estimate of drug-likeness (QED) is 0.262. The van der Waals surface area contributed by atoms with E-state index >= 15 is 0 Å². The van der Waals surface area contributed by atoms with Gasteiger partial charge in [-0.3, -0.25) is 14.6 Å². The molecule has 1 aliphatic heterocycles. The molecule has 1 aromatic carbocycles. The molecule has 0 radical (unpaired) electrons. The second-order valence-corrected chi connectivity index (χ2v) is 13.9. The van der Waals surface area contributed by atoms with Crippen LogP contribution < -0.4 is 15.1 Å². The number of ether oxygens (including phenoxy) is 5. The summed E-state index contributed by atoms with van der Waals surface area (Å²) in [7, 11) is 1.45. The molecule has 3 aliphatic rings. The first kappa shape index (κ1) is 34.2. The highest BCUT2D eigenvalue weighted by molar-refractivity contribution is 5.92. The lowest BCUT2D eigenvalue weighted by Gasteiger charge is -2.66. The number of hydrogen-bond donors (Lipinski definition) is 1. The molecule has 6 rings (SSSR count). The molecule has 12 heteroatoms. The monoisotopic (exact) mass is 675 g/mol. The molecule has 2 fully saturated rings. The van der Waals surface area contributed by atoms with Crippen LogP contribution in [0.3, 0.4) is 0 Å². The van der Waals surface area contributed by atoms with Crippen LogP contribution in [0, 0.1) is 22.7 Å². The number of aliphatic hydroxyl groups is 1.